The Balaban J connectivity index is 1.70. The molecule has 1 N–H and O–H groups in total. The van der Waals surface area contributed by atoms with Gasteiger partial charge in [0.1, 0.15) is 17.8 Å². The SMILES string of the molecule is CC(=O)c1ccc(NC(=O)c2cc(N(C)Cc3ccccc3)ncn2)cc1. The van der Waals surface area contributed by atoms with Crippen LogP contribution in [0.15, 0.2) is 67.0 Å². The van der Waals surface area contributed by atoms with Crippen molar-refractivity contribution in [2.45, 2.75) is 13.5 Å². The van der Waals surface area contributed by atoms with Gasteiger partial charge in [-0.15, -0.1) is 0 Å². The second kappa shape index (κ2) is 8.23. The molecule has 0 bridgehead atoms. The summed E-state index contributed by atoms with van der Waals surface area (Å²) in [7, 11) is 1.91. The van der Waals surface area contributed by atoms with E-state index in [2.05, 4.69) is 15.3 Å². The summed E-state index contributed by atoms with van der Waals surface area (Å²) < 4.78 is 0. The van der Waals surface area contributed by atoms with E-state index in [0.717, 1.165) is 5.56 Å². The minimum atomic E-state index is -0.331. The molecular formula is C21H20N4O2. The molecule has 6 nitrogen and oxygen atoms in total. The van der Waals surface area contributed by atoms with Gasteiger partial charge in [0.05, 0.1) is 0 Å². The van der Waals surface area contributed by atoms with Crippen molar-refractivity contribution in [1.29, 1.82) is 0 Å². The molecule has 136 valence electrons. The number of hydrogen-bond acceptors (Lipinski definition) is 5. The van der Waals surface area contributed by atoms with Crippen molar-refractivity contribution in [1.82, 2.24) is 9.97 Å². The molecular weight excluding hydrogens is 340 g/mol. The molecule has 0 spiro atoms. The monoisotopic (exact) mass is 360 g/mol. The van der Waals surface area contributed by atoms with Crippen molar-refractivity contribution in [2.24, 2.45) is 0 Å². The van der Waals surface area contributed by atoms with E-state index in [1.165, 1.54) is 13.3 Å². The number of Topliss-reactive ketones (excluding diaryl/α,β-unsaturated/α-hetero) is 1. The fraction of sp³-hybridized carbons (Fsp3) is 0.143. The maximum absolute atomic E-state index is 12.5. The summed E-state index contributed by atoms with van der Waals surface area (Å²) in [5.41, 5.74) is 2.62. The molecule has 0 saturated carbocycles. The number of hydrogen-bond donors (Lipinski definition) is 1. The van der Waals surface area contributed by atoms with E-state index in [1.54, 1.807) is 30.3 Å². The molecule has 1 heterocycles. The Morgan fingerprint density at radius 1 is 1.00 bits per heavy atom. The van der Waals surface area contributed by atoms with Crippen LogP contribution in [0.25, 0.3) is 0 Å². The Bertz CT molecular complexity index is 940. The second-order valence-corrected chi connectivity index (χ2v) is 6.19. The molecule has 0 unspecified atom stereocenters. The van der Waals surface area contributed by atoms with E-state index in [4.69, 9.17) is 0 Å². The van der Waals surface area contributed by atoms with Crippen LogP contribution < -0.4 is 10.2 Å². The van der Waals surface area contributed by atoms with Crippen molar-refractivity contribution in [3.8, 4) is 0 Å². The molecule has 0 aliphatic heterocycles. The average molecular weight is 360 g/mol. The lowest BCUT2D eigenvalue weighted by Gasteiger charge is -2.18. The molecule has 0 fully saturated rings. The number of carbonyl (C=O) groups excluding carboxylic acids is 2. The largest absolute Gasteiger partial charge is 0.355 e. The first-order valence-electron chi connectivity index (χ1n) is 8.52. The molecule has 3 aromatic rings. The number of carbonyl (C=O) groups is 2. The van der Waals surface area contributed by atoms with Crippen molar-refractivity contribution >= 4 is 23.2 Å². The number of ketones is 1. The molecule has 1 aromatic heterocycles. The van der Waals surface area contributed by atoms with E-state index in [1.807, 2.05) is 42.3 Å². The van der Waals surface area contributed by atoms with E-state index < -0.39 is 0 Å². The van der Waals surface area contributed by atoms with Crippen molar-refractivity contribution < 1.29 is 9.59 Å². The van der Waals surface area contributed by atoms with Crippen LogP contribution in [0.3, 0.4) is 0 Å². The van der Waals surface area contributed by atoms with Gasteiger partial charge in [0.2, 0.25) is 0 Å². The van der Waals surface area contributed by atoms with Crippen LogP contribution in [-0.4, -0.2) is 28.7 Å². The van der Waals surface area contributed by atoms with Crippen LogP contribution in [0.5, 0.6) is 0 Å². The van der Waals surface area contributed by atoms with Crippen molar-refractivity contribution in [2.75, 3.05) is 17.3 Å². The molecule has 0 aliphatic rings. The number of nitrogens with zero attached hydrogens (tertiary/aromatic N) is 3. The third-order valence-electron chi connectivity index (χ3n) is 4.09. The molecule has 1 amide bonds. The molecule has 0 saturated heterocycles. The summed E-state index contributed by atoms with van der Waals surface area (Å²) in [5.74, 6) is 0.308. The van der Waals surface area contributed by atoms with Gasteiger partial charge in [-0.1, -0.05) is 30.3 Å². The van der Waals surface area contributed by atoms with Gasteiger partial charge in [0.15, 0.2) is 5.78 Å². The summed E-state index contributed by atoms with van der Waals surface area (Å²) in [4.78, 5) is 34.1. The van der Waals surface area contributed by atoms with Gasteiger partial charge in [0, 0.05) is 30.9 Å². The highest BCUT2D eigenvalue weighted by molar-refractivity contribution is 6.03. The first-order chi connectivity index (χ1) is 13.0. The third kappa shape index (κ3) is 4.76. The third-order valence-corrected chi connectivity index (χ3v) is 4.09. The zero-order chi connectivity index (χ0) is 19.2. The van der Waals surface area contributed by atoms with Gasteiger partial charge in [0.25, 0.3) is 5.91 Å². The van der Waals surface area contributed by atoms with Crippen LogP contribution in [0.4, 0.5) is 11.5 Å². The minimum Gasteiger partial charge on any atom is -0.355 e. The summed E-state index contributed by atoms with van der Waals surface area (Å²) >= 11 is 0. The van der Waals surface area contributed by atoms with Gasteiger partial charge in [-0.25, -0.2) is 9.97 Å². The van der Waals surface area contributed by atoms with Gasteiger partial charge in [-0.3, -0.25) is 9.59 Å². The molecule has 0 atom stereocenters. The van der Waals surface area contributed by atoms with E-state index in [-0.39, 0.29) is 17.4 Å². The zero-order valence-corrected chi connectivity index (χ0v) is 15.2. The minimum absolute atomic E-state index is 0.0187. The van der Waals surface area contributed by atoms with Crippen molar-refractivity contribution in [3.63, 3.8) is 0 Å². The Labute approximate surface area is 157 Å². The van der Waals surface area contributed by atoms with Crippen LogP contribution in [0, 0.1) is 0 Å². The maximum Gasteiger partial charge on any atom is 0.274 e. The summed E-state index contributed by atoms with van der Waals surface area (Å²) in [6.45, 7) is 2.17. The van der Waals surface area contributed by atoms with Crippen molar-refractivity contribution in [3.05, 3.63) is 83.8 Å². The summed E-state index contributed by atoms with van der Waals surface area (Å²) in [5, 5.41) is 2.78. The van der Waals surface area contributed by atoms with Gasteiger partial charge in [-0.05, 0) is 36.8 Å². The molecule has 0 radical (unpaired) electrons. The highest BCUT2D eigenvalue weighted by Crippen LogP contribution is 2.15. The van der Waals surface area contributed by atoms with Crippen LogP contribution in [-0.2, 0) is 6.54 Å². The highest BCUT2D eigenvalue weighted by Gasteiger charge is 2.12. The number of amides is 1. The normalized spacial score (nSPS) is 10.3. The van der Waals surface area contributed by atoms with Gasteiger partial charge in [-0.2, -0.15) is 0 Å². The van der Waals surface area contributed by atoms with Crippen LogP contribution in [0.1, 0.15) is 33.3 Å². The lowest BCUT2D eigenvalue weighted by Crippen LogP contribution is -2.20. The summed E-state index contributed by atoms with van der Waals surface area (Å²) in [6.07, 6.45) is 1.38. The molecule has 3 rings (SSSR count). The Morgan fingerprint density at radius 3 is 2.37 bits per heavy atom. The van der Waals surface area contributed by atoms with E-state index in [0.29, 0.717) is 23.6 Å². The van der Waals surface area contributed by atoms with Crippen LogP contribution in [0.2, 0.25) is 0 Å². The number of anilines is 2. The topological polar surface area (TPSA) is 75.2 Å². The predicted molar refractivity (Wildman–Crippen MR) is 105 cm³/mol. The lowest BCUT2D eigenvalue weighted by atomic mass is 10.1. The number of rotatable bonds is 6. The standard InChI is InChI=1S/C21H20N4O2/c1-15(26)17-8-10-18(11-9-17)24-21(27)19-12-20(23-14-22-19)25(2)13-16-6-4-3-5-7-16/h3-12,14H,13H2,1-2H3,(H,24,27). The Hall–Kier alpha value is -3.54. The van der Waals surface area contributed by atoms with E-state index in [9.17, 15) is 9.59 Å². The van der Waals surface area contributed by atoms with Gasteiger partial charge >= 0.3 is 0 Å². The highest BCUT2D eigenvalue weighted by atomic mass is 16.2. The molecule has 0 aliphatic carbocycles. The average Bonchev–Trinajstić information content (AvgIpc) is 2.69. The number of aromatic nitrogens is 2. The first kappa shape index (κ1) is 18.3. The Kier molecular flexibility index (Phi) is 5.56. The molecule has 27 heavy (non-hydrogen) atoms. The second-order valence-electron chi connectivity index (χ2n) is 6.19. The molecule has 2 aromatic carbocycles. The lowest BCUT2D eigenvalue weighted by molar-refractivity contribution is 0.101. The Morgan fingerprint density at radius 2 is 1.70 bits per heavy atom. The first-order valence-corrected chi connectivity index (χ1v) is 8.52. The van der Waals surface area contributed by atoms with Crippen LogP contribution >= 0.6 is 0 Å². The number of benzene rings is 2. The zero-order valence-electron chi connectivity index (χ0n) is 15.2. The number of nitrogens with one attached hydrogen (secondary N) is 1. The summed E-state index contributed by atoms with van der Waals surface area (Å²) in [6, 6.07) is 18.4. The molecule has 6 heteroatoms. The smallest absolute Gasteiger partial charge is 0.274 e. The van der Waals surface area contributed by atoms with Gasteiger partial charge < -0.3 is 10.2 Å². The predicted octanol–water partition coefficient (Wildman–Crippen LogP) is 3.57. The van der Waals surface area contributed by atoms with E-state index >= 15 is 0 Å². The fourth-order valence-corrected chi connectivity index (χ4v) is 2.60. The fourth-order valence-electron chi connectivity index (χ4n) is 2.60. The maximum atomic E-state index is 12.5. The quantitative estimate of drug-likeness (QED) is 0.680.